The van der Waals surface area contributed by atoms with Crippen LogP contribution < -0.4 is 5.73 Å². The van der Waals surface area contributed by atoms with Gasteiger partial charge >= 0.3 is 5.97 Å². The maximum absolute atomic E-state index is 11.4. The van der Waals surface area contributed by atoms with Gasteiger partial charge in [-0.3, -0.25) is 4.79 Å². The summed E-state index contributed by atoms with van der Waals surface area (Å²) in [5, 5.41) is 0. The van der Waals surface area contributed by atoms with E-state index >= 15 is 0 Å². The molecule has 3 nitrogen and oxygen atoms in total. The Hall–Kier alpha value is -0.570. The van der Waals surface area contributed by atoms with E-state index in [-0.39, 0.29) is 11.4 Å². The lowest BCUT2D eigenvalue weighted by Crippen LogP contribution is -2.72. The quantitative estimate of drug-likeness (QED) is 0.729. The Bertz CT molecular complexity index is 277. The van der Waals surface area contributed by atoms with Crippen molar-refractivity contribution in [1.82, 2.24) is 0 Å². The molecule has 0 aromatic rings. The van der Waals surface area contributed by atoms with Gasteiger partial charge in [-0.15, -0.1) is 0 Å². The third-order valence-electron chi connectivity index (χ3n) is 5.08. The monoisotopic (exact) mass is 225 g/mol. The third kappa shape index (κ3) is 1.33. The molecule has 0 heterocycles. The number of carbonyl (C=O) groups excluding carboxylic acids is 1. The number of rotatable bonds is 5. The second-order valence-electron chi connectivity index (χ2n) is 5.77. The number of nitrogens with two attached hydrogens (primary N) is 1. The summed E-state index contributed by atoms with van der Waals surface area (Å²) in [7, 11) is 1.42. The van der Waals surface area contributed by atoms with E-state index in [0.717, 1.165) is 25.2 Å². The predicted octanol–water partition coefficient (Wildman–Crippen LogP) is 2.09. The van der Waals surface area contributed by atoms with Crippen LogP contribution in [0.3, 0.4) is 0 Å². The van der Waals surface area contributed by atoms with Gasteiger partial charge in [0.2, 0.25) is 0 Å². The Morgan fingerprint density at radius 1 is 1.25 bits per heavy atom. The molecule has 2 bridgehead atoms. The summed E-state index contributed by atoms with van der Waals surface area (Å²) in [6, 6.07) is -0.395. The molecule has 1 unspecified atom stereocenters. The summed E-state index contributed by atoms with van der Waals surface area (Å²) in [5.74, 6) is 0.581. The Morgan fingerprint density at radius 2 is 1.75 bits per heavy atom. The van der Waals surface area contributed by atoms with Crippen LogP contribution in [-0.2, 0) is 9.53 Å². The summed E-state index contributed by atoms with van der Waals surface area (Å²) in [5.41, 5.74) is 6.59. The predicted molar refractivity (Wildman–Crippen MR) is 62.8 cm³/mol. The van der Waals surface area contributed by atoms with Gasteiger partial charge in [0.05, 0.1) is 7.11 Å². The normalized spacial score (nSPS) is 37.6. The average Bonchev–Trinajstić information content (AvgIpc) is 2.18. The highest BCUT2D eigenvalue weighted by Gasteiger charge is 2.72. The van der Waals surface area contributed by atoms with Crippen LogP contribution in [-0.4, -0.2) is 19.1 Å². The zero-order valence-electron chi connectivity index (χ0n) is 10.6. The molecule has 0 amide bonds. The van der Waals surface area contributed by atoms with E-state index in [1.807, 2.05) is 0 Å². The second kappa shape index (κ2) is 3.73. The van der Waals surface area contributed by atoms with Gasteiger partial charge in [-0.1, -0.05) is 26.7 Å². The van der Waals surface area contributed by atoms with E-state index in [0.29, 0.717) is 5.41 Å². The first kappa shape index (κ1) is 11.9. The molecule has 3 fully saturated rings. The molecule has 92 valence electrons. The molecule has 3 aliphatic rings. The topological polar surface area (TPSA) is 52.3 Å². The molecule has 3 aliphatic carbocycles. The minimum Gasteiger partial charge on any atom is -0.468 e. The number of hydrogen-bond acceptors (Lipinski definition) is 3. The van der Waals surface area contributed by atoms with E-state index in [1.54, 1.807) is 0 Å². The largest absolute Gasteiger partial charge is 0.468 e. The van der Waals surface area contributed by atoms with E-state index in [1.165, 1.54) is 20.0 Å². The number of esters is 1. The van der Waals surface area contributed by atoms with Gasteiger partial charge in [0.1, 0.15) is 6.04 Å². The first-order valence-electron chi connectivity index (χ1n) is 6.37. The van der Waals surface area contributed by atoms with Crippen molar-refractivity contribution in [2.45, 2.75) is 52.0 Å². The minimum atomic E-state index is -0.395. The molecular weight excluding hydrogens is 202 g/mol. The lowest BCUT2D eigenvalue weighted by molar-refractivity contribution is -0.249. The number of carbonyl (C=O) groups is 1. The van der Waals surface area contributed by atoms with Crippen LogP contribution in [0.5, 0.6) is 0 Å². The fourth-order valence-corrected chi connectivity index (χ4v) is 4.24. The van der Waals surface area contributed by atoms with Crippen LogP contribution in [0.15, 0.2) is 0 Å². The molecule has 0 radical (unpaired) electrons. The van der Waals surface area contributed by atoms with Gasteiger partial charge in [-0.25, -0.2) is 0 Å². The van der Waals surface area contributed by atoms with E-state index < -0.39 is 6.04 Å². The summed E-state index contributed by atoms with van der Waals surface area (Å²) in [6.07, 6.45) is 5.92. The van der Waals surface area contributed by atoms with Gasteiger partial charge in [0.25, 0.3) is 0 Å². The van der Waals surface area contributed by atoms with Gasteiger partial charge in [0.15, 0.2) is 0 Å². The molecule has 2 N–H and O–H groups in total. The SMILES string of the molecule is CCC(CC)C12CC(C(N)C(=O)OC)(C1)C2. The number of hydrogen-bond donors (Lipinski definition) is 1. The fourth-order valence-electron chi connectivity index (χ4n) is 4.24. The maximum atomic E-state index is 11.4. The smallest absolute Gasteiger partial charge is 0.323 e. The number of ether oxygens (including phenoxy) is 1. The Morgan fingerprint density at radius 3 is 2.12 bits per heavy atom. The number of methoxy groups -OCH3 is 1. The molecule has 1 atom stereocenters. The van der Waals surface area contributed by atoms with Crippen LogP contribution in [0.2, 0.25) is 0 Å². The fraction of sp³-hybridized carbons (Fsp3) is 0.923. The van der Waals surface area contributed by atoms with Crippen LogP contribution in [0.25, 0.3) is 0 Å². The van der Waals surface area contributed by atoms with Crippen LogP contribution in [0.1, 0.15) is 46.0 Å². The van der Waals surface area contributed by atoms with E-state index in [9.17, 15) is 4.79 Å². The highest BCUT2D eigenvalue weighted by atomic mass is 16.5. The van der Waals surface area contributed by atoms with Crippen molar-refractivity contribution in [3.05, 3.63) is 0 Å². The van der Waals surface area contributed by atoms with Crippen LogP contribution in [0.4, 0.5) is 0 Å². The molecule has 3 rings (SSSR count). The lowest BCUT2D eigenvalue weighted by Gasteiger charge is -2.75. The van der Waals surface area contributed by atoms with Gasteiger partial charge in [-0.2, -0.15) is 0 Å². The molecular formula is C13H23NO2. The van der Waals surface area contributed by atoms with Crippen LogP contribution >= 0.6 is 0 Å². The first-order valence-corrected chi connectivity index (χ1v) is 6.37. The average molecular weight is 225 g/mol. The summed E-state index contributed by atoms with van der Waals surface area (Å²) in [6.45, 7) is 4.53. The first-order chi connectivity index (χ1) is 7.53. The summed E-state index contributed by atoms with van der Waals surface area (Å²) < 4.78 is 4.74. The molecule has 0 saturated heterocycles. The lowest BCUT2D eigenvalue weighted by atomic mass is 9.30. The van der Waals surface area contributed by atoms with Gasteiger partial charge < -0.3 is 10.5 Å². The van der Waals surface area contributed by atoms with E-state index in [4.69, 9.17) is 10.5 Å². The maximum Gasteiger partial charge on any atom is 0.323 e. The zero-order chi connectivity index (χ0) is 12.0. The molecule has 0 aliphatic heterocycles. The van der Waals surface area contributed by atoms with Crippen molar-refractivity contribution in [3.63, 3.8) is 0 Å². The van der Waals surface area contributed by atoms with Crippen molar-refractivity contribution in [2.24, 2.45) is 22.5 Å². The van der Waals surface area contributed by atoms with Gasteiger partial charge in [-0.05, 0) is 36.0 Å². The second-order valence-corrected chi connectivity index (χ2v) is 5.77. The molecule has 16 heavy (non-hydrogen) atoms. The Balaban J connectivity index is 1.95. The summed E-state index contributed by atoms with van der Waals surface area (Å²) in [4.78, 5) is 11.4. The van der Waals surface area contributed by atoms with Crippen molar-refractivity contribution in [2.75, 3.05) is 7.11 Å². The van der Waals surface area contributed by atoms with Crippen LogP contribution in [0, 0.1) is 16.7 Å². The minimum absolute atomic E-state index is 0.0929. The van der Waals surface area contributed by atoms with Gasteiger partial charge in [0, 0.05) is 0 Å². The van der Waals surface area contributed by atoms with E-state index in [2.05, 4.69) is 13.8 Å². The van der Waals surface area contributed by atoms with Crippen molar-refractivity contribution in [3.8, 4) is 0 Å². The standard InChI is InChI=1S/C13H23NO2/c1-4-9(5-2)12-6-13(7-12,8-12)10(14)11(15)16-3/h9-10H,4-8,14H2,1-3H3. The highest BCUT2D eigenvalue weighted by molar-refractivity contribution is 5.77. The third-order valence-corrected chi connectivity index (χ3v) is 5.08. The molecule has 3 saturated carbocycles. The summed E-state index contributed by atoms with van der Waals surface area (Å²) >= 11 is 0. The van der Waals surface area contributed by atoms with Crippen molar-refractivity contribution in [1.29, 1.82) is 0 Å². The highest BCUT2D eigenvalue weighted by Crippen LogP contribution is 2.77. The Labute approximate surface area is 97.7 Å². The molecule has 3 heteroatoms. The Kier molecular flexibility index (Phi) is 2.77. The van der Waals surface area contributed by atoms with Crippen molar-refractivity contribution >= 4 is 5.97 Å². The molecule has 0 aromatic heterocycles. The zero-order valence-corrected chi connectivity index (χ0v) is 10.6. The molecule has 0 spiro atoms. The molecule has 0 aromatic carbocycles. The van der Waals surface area contributed by atoms with Crippen molar-refractivity contribution < 1.29 is 9.53 Å².